The maximum absolute atomic E-state index is 11.9. The summed E-state index contributed by atoms with van der Waals surface area (Å²) in [6.07, 6.45) is 2.08. The third-order valence-corrected chi connectivity index (χ3v) is 2.81. The first-order chi connectivity index (χ1) is 9.21. The van der Waals surface area contributed by atoms with Gasteiger partial charge in [0.2, 0.25) is 5.89 Å². The van der Waals surface area contributed by atoms with Gasteiger partial charge in [0.25, 0.3) is 5.22 Å². The second-order valence-corrected chi connectivity index (χ2v) is 6.70. The van der Waals surface area contributed by atoms with Gasteiger partial charge in [-0.3, -0.25) is 0 Å². The van der Waals surface area contributed by atoms with Gasteiger partial charge in [-0.1, -0.05) is 25.6 Å². The van der Waals surface area contributed by atoms with E-state index in [-0.39, 0.29) is 6.04 Å². The first kappa shape index (κ1) is 16.8. The fraction of sp³-hybridized carbons (Fsp3) is 0.769. The van der Waals surface area contributed by atoms with Crippen molar-refractivity contribution in [3.8, 4) is 0 Å². The van der Waals surface area contributed by atoms with Gasteiger partial charge in [-0.05, 0) is 39.4 Å². The number of rotatable bonds is 5. The highest BCUT2D eigenvalue weighted by atomic mass is 32.2. The Hall–Kier alpha value is -1.24. The van der Waals surface area contributed by atoms with Gasteiger partial charge in [-0.15, -0.1) is 10.2 Å². The summed E-state index contributed by atoms with van der Waals surface area (Å²) in [6, 6.07) is -0.335. The predicted octanol–water partition coefficient (Wildman–Crippen LogP) is 3.40. The zero-order valence-corrected chi connectivity index (χ0v) is 13.7. The molecule has 0 radical (unpaired) electrons. The molecule has 20 heavy (non-hydrogen) atoms. The van der Waals surface area contributed by atoms with E-state index in [1.807, 2.05) is 27.0 Å². The molecule has 1 heterocycles. The van der Waals surface area contributed by atoms with E-state index in [4.69, 9.17) is 9.15 Å². The average molecular weight is 301 g/mol. The minimum Gasteiger partial charge on any atom is -0.444 e. The van der Waals surface area contributed by atoms with Crippen LogP contribution in [0.2, 0.25) is 0 Å². The number of hydrogen-bond acceptors (Lipinski definition) is 6. The number of carbonyl (C=O) groups excluding carboxylic acids is 1. The second-order valence-electron chi connectivity index (χ2n) is 5.94. The summed E-state index contributed by atoms with van der Waals surface area (Å²) in [4.78, 5) is 11.9. The standard InChI is InChI=1S/C13H23N3O3S/c1-8(2)7-9(10-15-16-12(18-10)20-6)14-11(17)19-13(3,4)5/h8-9H,7H2,1-6H3,(H,14,17)/t9-/m1/s1. The molecule has 0 aromatic carbocycles. The summed E-state index contributed by atoms with van der Waals surface area (Å²) in [5.41, 5.74) is -0.536. The SMILES string of the molecule is CSc1nnc([C@@H](CC(C)C)NC(=O)OC(C)(C)C)o1. The molecule has 1 amide bonds. The van der Waals surface area contributed by atoms with Crippen LogP contribution in [-0.4, -0.2) is 28.1 Å². The number of aromatic nitrogens is 2. The number of ether oxygens (including phenoxy) is 1. The van der Waals surface area contributed by atoms with Crippen molar-refractivity contribution >= 4 is 17.9 Å². The molecule has 1 atom stereocenters. The van der Waals surface area contributed by atoms with E-state index in [1.165, 1.54) is 11.8 Å². The van der Waals surface area contributed by atoms with Crippen LogP contribution in [0.25, 0.3) is 0 Å². The molecule has 1 aromatic rings. The highest BCUT2D eigenvalue weighted by Crippen LogP contribution is 2.23. The Balaban J connectivity index is 2.76. The molecule has 0 unspecified atom stereocenters. The molecule has 0 bridgehead atoms. The Morgan fingerprint density at radius 3 is 2.50 bits per heavy atom. The Morgan fingerprint density at radius 2 is 2.05 bits per heavy atom. The minimum atomic E-state index is -0.536. The Morgan fingerprint density at radius 1 is 1.40 bits per heavy atom. The molecule has 0 aliphatic heterocycles. The molecule has 1 aromatic heterocycles. The van der Waals surface area contributed by atoms with E-state index >= 15 is 0 Å². The molecule has 1 rings (SSSR count). The third-order valence-electron chi connectivity index (χ3n) is 2.29. The number of amides is 1. The second kappa shape index (κ2) is 6.97. The lowest BCUT2D eigenvalue weighted by Gasteiger charge is -2.22. The molecule has 0 saturated carbocycles. The van der Waals surface area contributed by atoms with Crippen LogP contribution in [0.3, 0.4) is 0 Å². The number of nitrogens with zero attached hydrogens (tertiary/aromatic N) is 2. The van der Waals surface area contributed by atoms with Crippen molar-refractivity contribution in [1.82, 2.24) is 15.5 Å². The normalized spacial score (nSPS) is 13.3. The van der Waals surface area contributed by atoms with E-state index in [2.05, 4.69) is 29.4 Å². The monoisotopic (exact) mass is 301 g/mol. The maximum Gasteiger partial charge on any atom is 0.408 e. The number of thioether (sulfide) groups is 1. The summed E-state index contributed by atoms with van der Waals surface area (Å²) >= 11 is 1.37. The molecule has 114 valence electrons. The molecule has 0 fully saturated rings. The molecule has 7 heteroatoms. The topological polar surface area (TPSA) is 77.2 Å². The summed E-state index contributed by atoms with van der Waals surface area (Å²) in [5, 5.41) is 11.2. The van der Waals surface area contributed by atoms with Crippen molar-refractivity contribution in [2.45, 2.75) is 57.9 Å². The van der Waals surface area contributed by atoms with Crippen LogP contribution < -0.4 is 5.32 Å². The van der Waals surface area contributed by atoms with Crippen LogP contribution in [0, 0.1) is 5.92 Å². The van der Waals surface area contributed by atoms with Crippen LogP contribution in [0.5, 0.6) is 0 Å². The van der Waals surface area contributed by atoms with E-state index in [9.17, 15) is 4.79 Å². The predicted molar refractivity (Wildman–Crippen MR) is 77.6 cm³/mol. The first-order valence-corrected chi connectivity index (χ1v) is 7.80. The largest absolute Gasteiger partial charge is 0.444 e. The summed E-state index contributed by atoms with van der Waals surface area (Å²) < 4.78 is 10.8. The van der Waals surface area contributed by atoms with Crippen molar-refractivity contribution in [2.75, 3.05) is 6.26 Å². The Kier molecular flexibility index (Phi) is 5.86. The lowest BCUT2D eigenvalue weighted by atomic mass is 10.0. The quantitative estimate of drug-likeness (QED) is 0.840. The number of hydrogen-bond donors (Lipinski definition) is 1. The van der Waals surface area contributed by atoms with Gasteiger partial charge in [0.1, 0.15) is 11.6 Å². The van der Waals surface area contributed by atoms with Crippen molar-refractivity contribution in [2.24, 2.45) is 5.92 Å². The molecular formula is C13H23N3O3S. The van der Waals surface area contributed by atoms with Crippen LogP contribution in [0.1, 0.15) is 53.0 Å². The lowest BCUT2D eigenvalue weighted by Crippen LogP contribution is -2.35. The lowest BCUT2D eigenvalue weighted by molar-refractivity contribution is 0.0487. The number of alkyl carbamates (subject to hydrolysis) is 1. The van der Waals surface area contributed by atoms with Gasteiger partial charge in [0.05, 0.1) is 0 Å². The number of carbonyl (C=O) groups is 1. The molecule has 0 aliphatic rings. The van der Waals surface area contributed by atoms with Crippen LogP contribution in [-0.2, 0) is 4.74 Å². The van der Waals surface area contributed by atoms with Crippen molar-refractivity contribution < 1.29 is 13.9 Å². The van der Waals surface area contributed by atoms with Gasteiger partial charge in [0, 0.05) is 0 Å². The highest BCUT2D eigenvalue weighted by Gasteiger charge is 2.25. The van der Waals surface area contributed by atoms with Crippen LogP contribution in [0.4, 0.5) is 4.79 Å². The molecule has 0 spiro atoms. The number of nitrogens with one attached hydrogen (secondary N) is 1. The van der Waals surface area contributed by atoms with Gasteiger partial charge >= 0.3 is 6.09 Å². The fourth-order valence-corrected chi connectivity index (χ4v) is 1.88. The van der Waals surface area contributed by atoms with E-state index in [1.54, 1.807) is 0 Å². The van der Waals surface area contributed by atoms with E-state index in [0.29, 0.717) is 23.5 Å². The van der Waals surface area contributed by atoms with Gasteiger partial charge in [-0.25, -0.2) is 4.79 Å². The van der Waals surface area contributed by atoms with E-state index in [0.717, 1.165) is 0 Å². The first-order valence-electron chi connectivity index (χ1n) is 6.58. The zero-order chi connectivity index (χ0) is 15.3. The molecule has 0 aliphatic carbocycles. The zero-order valence-electron chi connectivity index (χ0n) is 12.9. The summed E-state index contributed by atoms with van der Waals surface area (Å²) in [6.45, 7) is 9.60. The Labute approximate surface area is 124 Å². The average Bonchev–Trinajstić information content (AvgIpc) is 2.73. The van der Waals surface area contributed by atoms with Crippen LogP contribution in [0.15, 0.2) is 9.64 Å². The van der Waals surface area contributed by atoms with E-state index < -0.39 is 11.7 Å². The van der Waals surface area contributed by atoms with Gasteiger partial charge < -0.3 is 14.5 Å². The molecular weight excluding hydrogens is 278 g/mol. The molecule has 0 saturated heterocycles. The summed E-state index contributed by atoms with van der Waals surface area (Å²) in [7, 11) is 0. The van der Waals surface area contributed by atoms with Crippen molar-refractivity contribution in [3.63, 3.8) is 0 Å². The fourth-order valence-electron chi connectivity index (χ4n) is 1.59. The summed E-state index contributed by atoms with van der Waals surface area (Å²) in [5.74, 6) is 0.786. The van der Waals surface area contributed by atoms with Gasteiger partial charge in [-0.2, -0.15) is 0 Å². The molecule has 1 N–H and O–H groups in total. The third kappa shape index (κ3) is 5.81. The highest BCUT2D eigenvalue weighted by molar-refractivity contribution is 7.98. The Bertz CT molecular complexity index is 440. The van der Waals surface area contributed by atoms with Crippen molar-refractivity contribution in [1.29, 1.82) is 0 Å². The smallest absolute Gasteiger partial charge is 0.408 e. The molecule has 6 nitrogen and oxygen atoms in total. The van der Waals surface area contributed by atoms with Gasteiger partial charge in [0.15, 0.2) is 0 Å². The van der Waals surface area contributed by atoms with Crippen molar-refractivity contribution in [3.05, 3.63) is 5.89 Å². The minimum absolute atomic E-state index is 0.335. The maximum atomic E-state index is 11.9. The van der Waals surface area contributed by atoms with Crippen LogP contribution >= 0.6 is 11.8 Å².